The minimum atomic E-state index is -4.13. The van der Waals surface area contributed by atoms with Crippen LogP contribution in [0.4, 0.5) is 4.39 Å². The van der Waals surface area contributed by atoms with Gasteiger partial charge in [0.05, 0.1) is 48.5 Å². The number of methoxy groups -OCH3 is 1. The van der Waals surface area contributed by atoms with Gasteiger partial charge in [0.1, 0.15) is 59.3 Å². The zero-order valence-corrected chi connectivity index (χ0v) is 42.9. The van der Waals surface area contributed by atoms with Crippen LogP contribution >= 0.6 is 11.3 Å². The number of para-hydroxylation sites is 1. The van der Waals surface area contributed by atoms with Crippen LogP contribution in [0.15, 0.2) is 139 Å². The summed E-state index contributed by atoms with van der Waals surface area (Å²) in [4.78, 5) is 33.6. The van der Waals surface area contributed by atoms with Crippen LogP contribution in [-0.4, -0.2) is 85.2 Å². The first-order valence-corrected chi connectivity index (χ1v) is 25.7. The first-order chi connectivity index (χ1) is 35.7. The number of esters is 1. The molecular formula is C56H53FN4O11S2. The van der Waals surface area contributed by atoms with Gasteiger partial charge >= 0.3 is 5.97 Å². The van der Waals surface area contributed by atoms with Gasteiger partial charge in [-0.05, 0) is 123 Å². The van der Waals surface area contributed by atoms with Gasteiger partial charge in [-0.25, -0.2) is 29.1 Å². The van der Waals surface area contributed by atoms with E-state index in [-0.39, 0.29) is 56.0 Å². The first-order valence-electron chi connectivity index (χ1n) is 23.4. The molecule has 0 aliphatic carbocycles. The van der Waals surface area contributed by atoms with Crippen LogP contribution in [0.5, 0.6) is 28.9 Å². The number of fused-ring (bicyclic) bond motifs is 1. The van der Waals surface area contributed by atoms with Gasteiger partial charge in [0, 0.05) is 28.6 Å². The summed E-state index contributed by atoms with van der Waals surface area (Å²) in [5.41, 5.74) is 6.14. The van der Waals surface area contributed by atoms with E-state index in [0.717, 1.165) is 22.3 Å². The Kier molecular flexibility index (Phi) is 16.9. The van der Waals surface area contributed by atoms with Crippen molar-refractivity contribution in [3.8, 4) is 61.8 Å². The highest BCUT2D eigenvalue weighted by Crippen LogP contribution is 2.49. The van der Waals surface area contributed by atoms with Gasteiger partial charge in [0.25, 0.3) is 10.1 Å². The second kappa shape index (κ2) is 23.8. The van der Waals surface area contributed by atoms with Gasteiger partial charge in [-0.15, -0.1) is 17.9 Å². The lowest BCUT2D eigenvalue weighted by Crippen LogP contribution is -2.32. The number of nitrogens with zero attached hydrogens (tertiary/aromatic N) is 4. The Hall–Kier alpha value is -7.77. The monoisotopic (exact) mass is 1040 g/mol. The summed E-state index contributed by atoms with van der Waals surface area (Å²) in [6.07, 6.45) is 2.25. The van der Waals surface area contributed by atoms with Crippen molar-refractivity contribution in [1.29, 1.82) is 0 Å². The number of aromatic hydroxyl groups is 1. The first kappa shape index (κ1) is 52.5. The molecule has 15 nitrogen and oxygen atoms in total. The Morgan fingerprint density at radius 1 is 0.865 bits per heavy atom. The fourth-order valence-corrected chi connectivity index (χ4v) is 10.2. The number of carbonyl (C=O) groups is 1. The third-order valence-electron chi connectivity index (χ3n) is 11.6. The highest BCUT2D eigenvalue weighted by Gasteiger charge is 2.30. The van der Waals surface area contributed by atoms with E-state index in [4.69, 9.17) is 37.6 Å². The number of hydrogen-bond donors (Lipinski definition) is 1. The van der Waals surface area contributed by atoms with E-state index in [9.17, 15) is 22.7 Å². The zero-order chi connectivity index (χ0) is 52.4. The Balaban J connectivity index is 1.13. The van der Waals surface area contributed by atoms with Crippen LogP contribution in [0.25, 0.3) is 43.2 Å². The molecule has 0 bridgehead atoms. The number of rotatable bonds is 23. The fourth-order valence-electron chi connectivity index (χ4n) is 8.15. The molecule has 382 valence electrons. The highest BCUT2D eigenvalue weighted by atomic mass is 32.2. The molecule has 0 amide bonds. The standard InChI is InChI=1S/C56H53FN4O11S2/c1-7-25-67-31-43(32-70-74(64,65)44-20-13-34(3)14-21-44)71-42-26-35(4)49(36(5)27-42)50-51-54(59-33-60-55(51)73-52(50)37-15-17-39(57)18-16-37)72-48(56(63)68-8-2)29-38-28-41(62)19-22-46(38)69-30-40-23-24-58-53(61-40)45-11-9-10-12-47(45)66-6/h7,9-24,26-28,33,43,48,62H,1,8,25,29-32H2,2-6H3/t43-,48-/m1/s1. The molecule has 5 aromatic carbocycles. The molecule has 0 fully saturated rings. The predicted octanol–water partition coefficient (Wildman–Crippen LogP) is 10.7. The average Bonchev–Trinajstić information content (AvgIpc) is 3.77. The van der Waals surface area contributed by atoms with Crippen LogP contribution in [0.1, 0.15) is 34.9 Å². The van der Waals surface area contributed by atoms with Crippen LogP contribution in [-0.2, 0) is 41.6 Å². The van der Waals surface area contributed by atoms with Crippen LogP contribution in [0.3, 0.4) is 0 Å². The predicted molar refractivity (Wildman–Crippen MR) is 279 cm³/mol. The fraction of sp³-hybridized carbons (Fsp3) is 0.232. The molecule has 18 heteroatoms. The molecule has 0 saturated heterocycles. The molecule has 3 heterocycles. The topological polar surface area (TPSA) is 188 Å². The van der Waals surface area contributed by atoms with Crippen molar-refractivity contribution >= 4 is 37.6 Å². The van der Waals surface area contributed by atoms with Crippen molar-refractivity contribution in [2.24, 2.45) is 0 Å². The molecular weight excluding hydrogens is 988 g/mol. The SMILES string of the molecule is C=CCOC[C@H](COS(=O)(=O)c1ccc(C)cc1)Oc1cc(C)c(-c2c(-c3ccc(F)cc3)sc3ncnc(O[C@H](Cc4cc(O)ccc4OCc4ccnc(-c5ccccc5OC)n4)C(=O)OCC)c23)c(C)c1. The number of aryl methyl sites for hydroxylation is 3. The molecule has 74 heavy (non-hydrogen) atoms. The van der Waals surface area contributed by atoms with Crippen molar-refractivity contribution in [2.75, 3.05) is 33.5 Å². The second-order valence-electron chi connectivity index (χ2n) is 16.9. The quantitative estimate of drug-likeness (QED) is 0.0276. The van der Waals surface area contributed by atoms with Crippen LogP contribution in [0.2, 0.25) is 0 Å². The molecule has 1 N–H and O–H groups in total. The lowest BCUT2D eigenvalue weighted by atomic mass is 9.92. The van der Waals surface area contributed by atoms with Crippen molar-refractivity contribution in [2.45, 2.75) is 57.8 Å². The number of thiophene rings is 1. The van der Waals surface area contributed by atoms with Gasteiger partial charge in [-0.1, -0.05) is 48.0 Å². The molecule has 0 radical (unpaired) electrons. The lowest BCUT2D eigenvalue weighted by Gasteiger charge is -2.22. The maximum absolute atomic E-state index is 14.5. The van der Waals surface area contributed by atoms with Gasteiger partial charge in [-0.2, -0.15) is 8.42 Å². The normalized spacial score (nSPS) is 12.2. The minimum Gasteiger partial charge on any atom is -0.508 e. The number of benzene rings is 5. The molecule has 8 rings (SSSR count). The molecule has 0 aliphatic rings. The molecule has 3 aromatic heterocycles. The summed E-state index contributed by atoms with van der Waals surface area (Å²) in [6.45, 7) is 10.9. The van der Waals surface area contributed by atoms with E-state index >= 15 is 0 Å². The van der Waals surface area contributed by atoms with Gasteiger partial charge in [-0.3, -0.25) is 4.18 Å². The van der Waals surface area contributed by atoms with E-state index < -0.39 is 34.1 Å². The lowest BCUT2D eigenvalue weighted by molar-refractivity contribution is -0.151. The Bertz CT molecular complexity index is 3370. The summed E-state index contributed by atoms with van der Waals surface area (Å²) in [6, 6.07) is 29.7. The molecule has 0 aliphatic heterocycles. The number of ether oxygens (including phenoxy) is 6. The van der Waals surface area contributed by atoms with E-state index in [1.54, 1.807) is 62.7 Å². The second-order valence-corrected chi connectivity index (χ2v) is 19.6. The third-order valence-corrected chi connectivity index (χ3v) is 14.0. The van der Waals surface area contributed by atoms with Gasteiger partial charge < -0.3 is 33.5 Å². The molecule has 2 atom stereocenters. The van der Waals surface area contributed by atoms with E-state index in [1.807, 2.05) is 57.2 Å². The number of carbonyl (C=O) groups excluding carboxylic acids is 1. The minimum absolute atomic E-state index is 0.0113. The number of phenols is 1. The molecule has 0 spiro atoms. The van der Waals surface area contributed by atoms with E-state index in [2.05, 4.69) is 21.5 Å². The Morgan fingerprint density at radius 2 is 1.62 bits per heavy atom. The van der Waals surface area contributed by atoms with Gasteiger partial charge in [0.15, 0.2) is 5.82 Å². The third kappa shape index (κ3) is 12.5. The molecule has 0 saturated carbocycles. The number of hydrogen-bond acceptors (Lipinski definition) is 16. The van der Waals surface area contributed by atoms with Crippen molar-refractivity contribution in [3.05, 3.63) is 168 Å². The summed E-state index contributed by atoms with van der Waals surface area (Å²) >= 11 is 1.33. The Morgan fingerprint density at radius 3 is 2.35 bits per heavy atom. The van der Waals surface area contributed by atoms with Crippen molar-refractivity contribution in [1.82, 2.24) is 19.9 Å². The van der Waals surface area contributed by atoms with E-state index in [0.29, 0.717) is 66.1 Å². The van der Waals surface area contributed by atoms with Crippen molar-refractivity contribution < 1.29 is 55.3 Å². The van der Waals surface area contributed by atoms with Gasteiger partial charge in [0.2, 0.25) is 12.0 Å². The summed E-state index contributed by atoms with van der Waals surface area (Å²) in [5, 5.41) is 11.2. The maximum Gasteiger partial charge on any atom is 0.347 e. The van der Waals surface area contributed by atoms with E-state index in [1.165, 1.54) is 54.1 Å². The number of phenolic OH excluding ortho intramolecular Hbond substituents is 1. The smallest absolute Gasteiger partial charge is 0.347 e. The zero-order valence-electron chi connectivity index (χ0n) is 41.2. The van der Waals surface area contributed by atoms with Crippen LogP contribution < -0.4 is 18.9 Å². The average molecular weight is 1040 g/mol. The summed E-state index contributed by atoms with van der Waals surface area (Å²) < 4.78 is 82.5. The molecule has 0 unspecified atom stereocenters. The summed E-state index contributed by atoms with van der Waals surface area (Å²) in [7, 11) is -2.55. The summed E-state index contributed by atoms with van der Waals surface area (Å²) in [5.74, 6) is 0.689. The number of halogens is 1. The number of aromatic nitrogens is 4. The Labute approximate surface area is 432 Å². The maximum atomic E-state index is 14.5. The van der Waals surface area contributed by atoms with Crippen LogP contribution in [0, 0.1) is 26.6 Å². The largest absolute Gasteiger partial charge is 0.508 e. The molecule has 8 aromatic rings. The highest BCUT2D eigenvalue weighted by molar-refractivity contribution is 7.86. The van der Waals surface area contributed by atoms with Crippen molar-refractivity contribution in [3.63, 3.8) is 0 Å².